The maximum Gasteiger partial charge on any atom is 0.0157 e. The third-order valence-electron chi connectivity index (χ3n) is 4.79. The standard InChI is InChI=1S/C19H25/c1-3-9-16(10-4-1)15-18-13-7-8-14-19(18)17-11-5-2-6-12-17/h1,3-4,9-10,15,17H,2,5-8,11-14H2. The Kier molecular flexibility index (Phi) is 4.37. The molecule has 0 aliphatic heterocycles. The Morgan fingerprint density at radius 3 is 2.32 bits per heavy atom. The minimum atomic E-state index is 0.906. The zero-order valence-corrected chi connectivity index (χ0v) is 11.9. The molecule has 0 saturated heterocycles. The SMILES string of the molecule is [CH](C1=C(C2CCCCC2)CCCC1)c1ccccc1. The van der Waals surface area contributed by atoms with Gasteiger partial charge in [0, 0.05) is 6.42 Å². The number of benzene rings is 1. The van der Waals surface area contributed by atoms with Crippen LogP contribution in [0, 0.1) is 12.3 Å². The fourth-order valence-electron chi connectivity index (χ4n) is 3.78. The Bertz CT molecular complexity index is 421. The van der Waals surface area contributed by atoms with E-state index >= 15 is 0 Å². The highest BCUT2D eigenvalue weighted by Gasteiger charge is 2.23. The van der Waals surface area contributed by atoms with E-state index in [0.29, 0.717) is 0 Å². The molecule has 1 fully saturated rings. The van der Waals surface area contributed by atoms with E-state index < -0.39 is 0 Å². The van der Waals surface area contributed by atoms with Crippen LogP contribution in [0.1, 0.15) is 63.4 Å². The molecule has 0 spiro atoms. The second kappa shape index (κ2) is 6.41. The van der Waals surface area contributed by atoms with Crippen molar-refractivity contribution >= 4 is 0 Å². The van der Waals surface area contributed by atoms with Gasteiger partial charge in [-0.3, -0.25) is 0 Å². The summed E-state index contributed by atoms with van der Waals surface area (Å²) < 4.78 is 0. The molecule has 101 valence electrons. The number of hydrogen-bond acceptors (Lipinski definition) is 0. The Morgan fingerprint density at radius 2 is 1.53 bits per heavy atom. The first-order valence-electron chi connectivity index (χ1n) is 8.05. The van der Waals surface area contributed by atoms with Crippen molar-refractivity contribution in [3.05, 3.63) is 53.5 Å². The lowest BCUT2D eigenvalue weighted by molar-refractivity contribution is 0.384. The Hall–Kier alpha value is -1.04. The predicted molar refractivity (Wildman–Crippen MR) is 81.9 cm³/mol. The minimum absolute atomic E-state index is 0.906. The van der Waals surface area contributed by atoms with E-state index in [9.17, 15) is 0 Å². The van der Waals surface area contributed by atoms with E-state index in [1.807, 2.05) is 5.57 Å². The molecule has 0 atom stereocenters. The number of allylic oxidation sites excluding steroid dienone is 2. The van der Waals surface area contributed by atoms with Crippen LogP contribution in [0.2, 0.25) is 0 Å². The van der Waals surface area contributed by atoms with Gasteiger partial charge in [-0.15, -0.1) is 0 Å². The molecule has 0 N–H and O–H groups in total. The lowest BCUT2D eigenvalue weighted by Crippen LogP contribution is -2.14. The highest BCUT2D eigenvalue weighted by molar-refractivity contribution is 5.38. The molecule has 1 aromatic carbocycles. The molecule has 0 unspecified atom stereocenters. The highest BCUT2D eigenvalue weighted by Crippen LogP contribution is 2.39. The van der Waals surface area contributed by atoms with E-state index in [2.05, 4.69) is 36.8 Å². The van der Waals surface area contributed by atoms with Crippen LogP contribution in [0.25, 0.3) is 0 Å². The molecule has 1 radical (unpaired) electrons. The first kappa shape index (κ1) is 13.0. The Balaban J connectivity index is 1.79. The summed E-state index contributed by atoms with van der Waals surface area (Å²) in [5.41, 5.74) is 4.87. The summed E-state index contributed by atoms with van der Waals surface area (Å²) in [4.78, 5) is 0. The highest BCUT2D eigenvalue weighted by atomic mass is 14.3. The van der Waals surface area contributed by atoms with Crippen molar-refractivity contribution < 1.29 is 0 Å². The first-order valence-corrected chi connectivity index (χ1v) is 8.05. The van der Waals surface area contributed by atoms with Crippen molar-refractivity contribution in [3.63, 3.8) is 0 Å². The third kappa shape index (κ3) is 3.29. The summed E-state index contributed by atoms with van der Waals surface area (Å²) in [6, 6.07) is 10.9. The van der Waals surface area contributed by atoms with Crippen LogP contribution in [0.5, 0.6) is 0 Å². The van der Waals surface area contributed by atoms with Crippen LogP contribution in [-0.4, -0.2) is 0 Å². The summed E-state index contributed by atoms with van der Waals surface area (Å²) in [6.07, 6.45) is 15.2. The summed E-state index contributed by atoms with van der Waals surface area (Å²) >= 11 is 0. The zero-order valence-electron chi connectivity index (χ0n) is 11.9. The zero-order chi connectivity index (χ0) is 12.9. The average molecular weight is 253 g/mol. The van der Waals surface area contributed by atoms with Crippen molar-refractivity contribution in [2.24, 2.45) is 5.92 Å². The quantitative estimate of drug-likeness (QED) is 0.649. The molecule has 1 aromatic rings. The number of hydrogen-bond donors (Lipinski definition) is 0. The van der Waals surface area contributed by atoms with Crippen molar-refractivity contribution in [1.82, 2.24) is 0 Å². The fraction of sp³-hybridized carbons (Fsp3) is 0.526. The largest absolute Gasteiger partial charge is 0.0673 e. The minimum Gasteiger partial charge on any atom is -0.0673 e. The second-order valence-electron chi connectivity index (χ2n) is 6.15. The van der Waals surface area contributed by atoms with E-state index in [-0.39, 0.29) is 0 Å². The summed E-state index contributed by atoms with van der Waals surface area (Å²) in [5.74, 6) is 0.906. The molecule has 19 heavy (non-hydrogen) atoms. The van der Waals surface area contributed by atoms with Crippen molar-refractivity contribution in [3.8, 4) is 0 Å². The Labute approximate surface area is 117 Å². The molecule has 0 aromatic heterocycles. The predicted octanol–water partition coefficient (Wildman–Crippen LogP) is 5.69. The van der Waals surface area contributed by atoms with Crippen molar-refractivity contribution in [2.45, 2.75) is 57.8 Å². The lowest BCUT2D eigenvalue weighted by atomic mass is 9.75. The molecule has 2 aliphatic carbocycles. The lowest BCUT2D eigenvalue weighted by Gasteiger charge is -2.30. The molecule has 0 nitrogen and oxygen atoms in total. The van der Waals surface area contributed by atoms with Crippen LogP contribution >= 0.6 is 0 Å². The maximum absolute atomic E-state index is 2.46. The molecule has 0 heterocycles. The van der Waals surface area contributed by atoms with Crippen LogP contribution in [0.15, 0.2) is 41.5 Å². The summed E-state index contributed by atoms with van der Waals surface area (Å²) in [5, 5.41) is 0. The van der Waals surface area contributed by atoms with Gasteiger partial charge in [-0.1, -0.05) is 60.7 Å². The molecule has 0 bridgehead atoms. The average Bonchev–Trinajstić information content (AvgIpc) is 2.50. The van der Waals surface area contributed by atoms with Gasteiger partial charge >= 0.3 is 0 Å². The van der Waals surface area contributed by atoms with Gasteiger partial charge in [0.25, 0.3) is 0 Å². The molecule has 2 aliphatic rings. The first-order chi connectivity index (χ1) is 9.43. The molecule has 1 saturated carbocycles. The molecule has 3 rings (SSSR count). The molecular weight excluding hydrogens is 228 g/mol. The van der Waals surface area contributed by atoms with Gasteiger partial charge in [0.1, 0.15) is 0 Å². The molecular formula is C19H25. The normalized spacial score (nSPS) is 21.7. The third-order valence-corrected chi connectivity index (χ3v) is 4.79. The van der Waals surface area contributed by atoms with Crippen LogP contribution in [-0.2, 0) is 0 Å². The van der Waals surface area contributed by atoms with E-state index in [1.54, 1.807) is 5.57 Å². The van der Waals surface area contributed by atoms with Crippen molar-refractivity contribution in [2.75, 3.05) is 0 Å². The van der Waals surface area contributed by atoms with Gasteiger partial charge in [0.2, 0.25) is 0 Å². The Morgan fingerprint density at radius 1 is 0.789 bits per heavy atom. The molecule has 0 amide bonds. The van der Waals surface area contributed by atoms with Crippen molar-refractivity contribution in [1.29, 1.82) is 0 Å². The van der Waals surface area contributed by atoms with Gasteiger partial charge in [-0.2, -0.15) is 0 Å². The second-order valence-corrected chi connectivity index (χ2v) is 6.15. The van der Waals surface area contributed by atoms with Gasteiger partial charge in [0.05, 0.1) is 0 Å². The summed E-state index contributed by atoms with van der Waals surface area (Å²) in [6.45, 7) is 0. The topological polar surface area (TPSA) is 0 Å². The van der Waals surface area contributed by atoms with Gasteiger partial charge in [-0.25, -0.2) is 0 Å². The molecule has 0 heteroatoms. The maximum atomic E-state index is 2.46. The van der Waals surface area contributed by atoms with E-state index in [0.717, 1.165) is 5.92 Å². The summed E-state index contributed by atoms with van der Waals surface area (Å²) in [7, 11) is 0. The number of rotatable bonds is 3. The van der Waals surface area contributed by atoms with Gasteiger partial charge in [-0.05, 0) is 50.0 Å². The van der Waals surface area contributed by atoms with Crippen LogP contribution < -0.4 is 0 Å². The van der Waals surface area contributed by atoms with Gasteiger partial charge < -0.3 is 0 Å². The van der Waals surface area contributed by atoms with E-state index in [4.69, 9.17) is 0 Å². The fourth-order valence-corrected chi connectivity index (χ4v) is 3.78. The van der Waals surface area contributed by atoms with Gasteiger partial charge in [0.15, 0.2) is 0 Å². The van der Waals surface area contributed by atoms with Crippen LogP contribution in [0.3, 0.4) is 0 Å². The van der Waals surface area contributed by atoms with Crippen LogP contribution in [0.4, 0.5) is 0 Å². The smallest absolute Gasteiger partial charge is 0.0157 e. The van der Waals surface area contributed by atoms with E-state index in [1.165, 1.54) is 63.4 Å². The monoisotopic (exact) mass is 253 g/mol.